The Morgan fingerprint density at radius 1 is 1.12 bits per heavy atom. The molecule has 0 aromatic carbocycles. The second-order valence-electron chi connectivity index (χ2n) is 5.88. The van der Waals surface area contributed by atoms with E-state index in [0.29, 0.717) is 32.0 Å². The van der Waals surface area contributed by atoms with Gasteiger partial charge in [-0.2, -0.15) is 0 Å². The molecule has 4 rings (SSSR count). The first-order valence-corrected chi connectivity index (χ1v) is 8.45. The van der Waals surface area contributed by atoms with Gasteiger partial charge in [-0.3, -0.25) is 9.38 Å². The molecular formula is C17H20N6O2. The number of aromatic nitrogens is 5. The van der Waals surface area contributed by atoms with E-state index in [2.05, 4.69) is 19.9 Å². The van der Waals surface area contributed by atoms with Crippen molar-refractivity contribution in [3.63, 3.8) is 0 Å². The van der Waals surface area contributed by atoms with Crippen molar-refractivity contribution < 1.29 is 9.84 Å². The number of aryl methyl sites for hydroxylation is 1. The molecule has 0 bridgehead atoms. The molecule has 8 heteroatoms. The quantitative estimate of drug-likeness (QED) is 0.739. The Labute approximate surface area is 145 Å². The minimum Gasteiger partial charge on any atom is -0.396 e. The molecule has 0 unspecified atom stereocenters. The number of fused-ring (bicyclic) bond motifs is 1. The highest BCUT2D eigenvalue weighted by Gasteiger charge is 2.16. The van der Waals surface area contributed by atoms with Gasteiger partial charge in [0.2, 0.25) is 5.95 Å². The zero-order valence-corrected chi connectivity index (χ0v) is 13.9. The second-order valence-corrected chi connectivity index (χ2v) is 5.88. The zero-order chi connectivity index (χ0) is 17.1. The van der Waals surface area contributed by atoms with Crippen molar-refractivity contribution in [3.05, 3.63) is 36.5 Å². The van der Waals surface area contributed by atoms with Crippen molar-refractivity contribution in [2.45, 2.75) is 12.8 Å². The fraction of sp³-hybridized carbons (Fsp3) is 0.412. The number of imidazole rings is 1. The molecule has 0 saturated carbocycles. The maximum Gasteiger partial charge on any atom is 0.226 e. The van der Waals surface area contributed by atoms with Gasteiger partial charge in [0.15, 0.2) is 5.65 Å². The summed E-state index contributed by atoms with van der Waals surface area (Å²) in [4.78, 5) is 20.2. The molecule has 1 aliphatic heterocycles. The summed E-state index contributed by atoms with van der Waals surface area (Å²) in [5, 5.41) is 9.05. The fourth-order valence-corrected chi connectivity index (χ4v) is 2.99. The molecule has 1 saturated heterocycles. The van der Waals surface area contributed by atoms with Crippen LogP contribution in [0.2, 0.25) is 0 Å². The lowest BCUT2D eigenvalue weighted by Crippen LogP contribution is -2.37. The summed E-state index contributed by atoms with van der Waals surface area (Å²) in [5.41, 5.74) is 3.41. The van der Waals surface area contributed by atoms with Gasteiger partial charge >= 0.3 is 0 Å². The van der Waals surface area contributed by atoms with E-state index in [1.54, 1.807) is 12.4 Å². The average Bonchev–Trinajstić information content (AvgIpc) is 3.12. The lowest BCUT2D eigenvalue weighted by molar-refractivity contribution is 0.122. The number of ether oxygens (including phenoxy) is 1. The Bertz CT molecular complexity index is 859. The van der Waals surface area contributed by atoms with Crippen LogP contribution in [0, 0.1) is 0 Å². The van der Waals surface area contributed by atoms with Crippen LogP contribution >= 0.6 is 0 Å². The van der Waals surface area contributed by atoms with Crippen molar-refractivity contribution in [1.82, 2.24) is 24.3 Å². The molecular weight excluding hydrogens is 320 g/mol. The minimum atomic E-state index is 0.144. The first kappa shape index (κ1) is 15.9. The van der Waals surface area contributed by atoms with Gasteiger partial charge in [0.05, 0.1) is 36.5 Å². The molecule has 0 atom stereocenters. The van der Waals surface area contributed by atoms with Gasteiger partial charge in [-0.15, -0.1) is 0 Å². The highest BCUT2D eigenvalue weighted by molar-refractivity contribution is 5.62. The van der Waals surface area contributed by atoms with Gasteiger partial charge in [0.1, 0.15) is 0 Å². The number of hydrogen-bond donors (Lipinski definition) is 1. The van der Waals surface area contributed by atoms with Gasteiger partial charge in [-0.25, -0.2) is 15.0 Å². The van der Waals surface area contributed by atoms with Crippen LogP contribution in [-0.2, 0) is 11.2 Å². The Balaban J connectivity index is 1.70. The third-order valence-corrected chi connectivity index (χ3v) is 4.27. The number of nitrogens with zero attached hydrogens (tertiary/aromatic N) is 6. The predicted molar refractivity (Wildman–Crippen MR) is 92.5 cm³/mol. The third kappa shape index (κ3) is 3.18. The van der Waals surface area contributed by atoms with Crippen LogP contribution in [0.4, 0.5) is 5.95 Å². The number of anilines is 1. The van der Waals surface area contributed by atoms with Crippen molar-refractivity contribution >= 4 is 11.6 Å². The fourth-order valence-electron chi connectivity index (χ4n) is 2.99. The zero-order valence-electron chi connectivity index (χ0n) is 13.9. The first-order chi connectivity index (χ1) is 12.4. The molecule has 1 N–H and O–H groups in total. The maximum absolute atomic E-state index is 9.05. The van der Waals surface area contributed by atoms with E-state index in [1.807, 2.05) is 22.9 Å². The van der Waals surface area contributed by atoms with Gasteiger partial charge < -0.3 is 14.7 Å². The number of aliphatic hydroxyl groups is 1. The Morgan fingerprint density at radius 2 is 2.00 bits per heavy atom. The van der Waals surface area contributed by atoms with Crippen LogP contribution in [0.1, 0.15) is 12.1 Å². The predicted octanol–water partition coefficient (Wildman–Crippen LogP) is 0.948. The first-order valence-electron chi connectivity index (χ1n) is 8.45. The van der Waals surface area contributed by atoms with Crippen LogP contribution in [0.5, 0.6) is 0 Å². The number of hydrogen-bond acceptors (Lipinski definition) is 7. The van der Waals surface area contributed by atoms with E-state index in [9.17, 15) is 0 Å². The van der Waals surface area contributed by atoms with Crippen molar-refractivity contribution in [2.24, 2.45) is 0 Å². The number of morpholine rings is 1. The van der Waals surface area contributed by atoms with Crippen LogP contribution in [0.25, 0.3) is 17.0 Å². The number of rotatable bonds is 5. The van der Waals surface area contributed by atoms with Crippen molar-refractivity contribution in [3.8, 4) is 11.4 Å². The van der Waals surface area contributed by atoms with E-state index in [1.165, 1.54) is 0 Å². The Morgan fingerprint density at radius 3 is 2.84 bits per heavy atom. The molecule has 8 nitrogen and oxygen atoms in total. The van der Waals surface area contributed by atoms with E-state index >= 15 is 0 Å². The Kier molecular flexibility index (Phi) is 4.53. The molecule has 0 radical (unpaired) electrons. The topological polar surface area (TPSA) is 88.7 Å². The van der Waals surface area contributed by atoms with Gasteiger partial charge in [0.25, 0.3) is 0 Å². The smallest absolute Gasteiger partial charge is 0.226 e. The molecule has 0 amide bonds. The van der Waals surface area contributed by atoms with E-state index in [0.717, 1.165) is 35.8 Å². The van der Waals surface area contributed by atoms with E-state index in [-0.39, 0.29) is 6.61 Å². The van der Waals surface area contributed by atoms with Crippen molar-refractivity contribution in [1.29, 1.82) is 0 Å². The summed E-state index contributed by atoms with van der Waals surface area (Å²) in [6.45, 7) is 3.13. The van der Waals surface area contributed by atoms with E-state index < -0.39 is 0 Å². The lowest BCUT2D eigenvalue weighted by atomic mass is 10.2. The molecule has 0 spiro atoms. The van der Waals surface area contributed by atoms with Gasteiger partial charge in [-0.1, -0.05) is 0 Å². The van der Waals surface area contributed by atoms with Crippen LogP contribution in [0.15, 0.2) is 30.9 Å². The van der Waals surface area contributed by atoms with E-state index in [4.69, 9.17) is 14.8 Å². The number of aliphatic hydroxyl groups excluding tert-OH is 1. The summed E-state index contributed by atoms with van der Waals surface area (Å²) < 4.78 is 7.38. The summed E-state index contributed by atoms with van der Waals surface area (Å²) in [7, 11) is 0. The summed E-state index contributed by atoms with van der Waals surface area (Å²) in [6.07, 6.45) is 8.60. The van der Waals surface area contributed by atoms with Gasteiger partial charge in [-0.05, 0) is 18.9 Å². The molecule has 1 fully saturated rings. The molecule has 3 aromatic rings. The molecule has 3 aromatic heterocycles. The average molecular weight is 340 g/mol. The van der Waals surface area contributed by atoms with Crippen LogP contribution in [-0.4, -0.2) is 62.4 Å². The normalized spacial score (nSPS) is 15.0. The largest absolute Gasteiger partial charge is 0.396 e. The minimum absolute atomic E-state index is 0.144. The lowest BCUT2D eigenvalue weighted by Gasteiger charge is -2.26. The standard InChI is InChI=1S/C17H20N6O2/c24-9-1-2-14-16-20-12-15(23(16)6-5-18-14)13-3-4-19-17(21-13)22-7-10-25-11-8-22/h3-6,12,24H,1-2,7-11H2. The highest BCUT2D eigenvalue weighted by Crippen LogP contribution is 2.22. The molecule has 4 heterocycles. The highest BCUT2D eigenvalue weighted by atomic mass is 16.5. The summed E-state index contributed by atoms with van der Waals surface area (Å²) >= 11 is 0. The third-order valence-electron chi connectivity index (χ3n) is 4.27. The summed E-state index contributed by atoms with van der Waals surface area (Å²) in [6, 6.07) is 1.89. The molecule has 0 aliphatic carbocycles. The second kappa shape index (κ2) is 7.12. The molecule has 1 aliphatic rings. The SMILES string of the molecule is OCCCc1nccn2c(-c3ccnc(N4CCOCC4)n3)cnc12. The van der Waals surface area contributed by atoms with Crippen LogP contribution < -0.4 is 4.90 Å². The molecule has 25 heavy (non-hydrogen) atoms. The van der Waals surface area contributed by atoms with Crippen molar-refractivity contribution in [2.75, 3.05) is 37.8 Å². The Hall–Kier alpha value is -2.58. The summed E-state index contributed by atoms with van der Waals surface area (Å²) in [5.74, 6) is 0.713. The monoisotopic (exact) mass is 340 g/mol. The maximum atomic E-state index is 9.05. The van der Waals surface area contributed by atoms with Gasteiger partial charge in [0, 0.05) is 38.3 Å². The molecule has 130 valence electrons. The van der Waals surface area contributed by atoms with Crippen LogP contribution in [0.3, 0.4) is 0 Å².